The number of aryl methyl sites for hydroxylation is 1. The van der Waals surface area contributed by atoms with E-state index in [1.807, 2.05) is 31.2 Å². The highest BCUT2D eigenvalue weighted by Gasteiger charge is 2.28. The van der Waals surface area contributed by atoms with Gasteiger partial charge in [-0.1, -0.05) is 12.1 Å². The van der Waals surface area contributed by atoms with Crippen molar-refractivity contribution in [1.29, 1.82) is 5.26 Å². The van der Waals surface area contributed by atoms with Gasteiger partial charge in [0.25, 0.3) is 5.88 Å². The van der Waals surface area contributed by atoms with Crippen LogP contribution in [0, 0.1) is 18.3 Å². The fraction of sp³-hybridized carbons (Fsp3) is 0.368. The Bertz CT molecular complexity index is 847. The van der Waals surface area contributed by atoms with Crippen LogP contribution in [0.1, 0.15) is 23.2 Å². The van der Waals surface area contributed by atoms with Gasteiger partial charge in [-0.2, -0.15) is 5.26 Å². The van der Waals surface area contributed by atoms with Gasteiger partial charge in [0.05, 0.1) is 20.1 Å². The highest BCUT2D eigenvalue weighted by atomic mass is 16.5. The summed E-state index contributed by atoms with van der Waals surface area (Å²) in [5.74, 6) is 1.09. The van der Waals surface area contributed by atoms with Crippen LogP contribution in [0.3, 0.4) is 0 Å². The maximum Gasteiger partial charge on any atom is 0.251 e. The molecule has 1 atom stereocenters. The van der Waals surface area contributed by atoms with Gasteiger partial charge in [0.2, 0.25) is 11.6 Å². The SMILES string of the molecule is COc1ccc(CC(=O)N2CCC(Oc3nccnc3C#N)C2)cc1C. The van der Waals surface area contributed by atoms with Crippen LogP contribution in [-0.4, -0.2) is 47.1 Å². The van der Waals surface area contributed by atoms with E-state index in [1.54, 1.807) is 12.0 Å². The molecule has 2 heterocycles. The molecule has 0 spiro atoms. The Balaban J connectivity index is 1.59. The number of ether oxygens (including phenoxy) is 2. The van der Waals surface area contributed by atoms with E-state index in [1.165, 1.54) is 12.4 Å². The minimum Gasteiger partial charge on any atom is -0.496 e. The van der Waals surface area contributed by atoms with Crippen LogP contribution < -0.4 is 9.47 Å². The molecule has 1 aliphatic rings. The Labute approximate surface area is 152 Å². The van der Waals surface area contributed by atoms with E-state index >= 15 is 0 Å². The van der Waals surface area contributed by atoms with Gasteiger partial charge in [0, 0.05) is 25.4 Å². The summed E-state index contributed by atoms with van der Waals surface area (Å²) in [4.78, 5) is 22.3. The summed E-state index contributed by atoms with van der Waals surface area (Å²) in [5, 5.41) is 9.05. The van der Waals surface area contributed by atoms with Crippen molar-refractivity contribution in [2.24, 2.45) is 0 Å². The zero-order chi connectivity index (χ0) is 18.5. The van der Waals surface area contributed by atoms with Gasteiger partial charge >= 0.3 is 0 Å². The Hall–Kier alpha value is -3.14. The quantitative estimate of drug-likeness (QED) is 0.816. The van der Waals surface area contributed by atoms with Crippen LogP contribution in [0.4, 0.5) is 0 Å². The topological polar surface area (TPSA) is 88.3 Å². The largest absolute Gasteiger partial charge is 0.496 e. The highest BCUT2D eigenvalue weighted by molar-refractivity contribution is 5.79. The lowest BCUT2D eigenvalue weighted by atomic mass is 10.1. The zero-order valence-electron chi connectivity index (χ0n) is 14.8. The third-order valence-corrected chi connectivity index (χ3v) is 4.36. The van der Waals surface area contributed by atoms with Crippen LogP contribution in [0.15, 0.2) is 30.6 Å². The van der Waals surface area contributed by atoms with E-state index in [0.717, 1.165) is 16.9 Å². The molecule has 1 aromatic heterocycles. The number of carbonyl (C=O) groups is 1. The first-order valence-corrected chi connectivity index (χ1v) is 8.39. The Morgan fingerprint density at radius 3 is 2.92 bits per heavy atom. The van der Waals surface area contributed by atoms with Gasteiger partial charge in [0.15, 0.2) is 0 Å². The summed E-state index contributed by atoms with van der Waals surface area (Å²) in [6, 6.07) is 7.72. The molecule has 1 aliphatic heterocycles. The van der Waals surface area contributed by atoms with Gasteiger partial charge < -0.3 is 14.4 Å². The molecule has 0 aliphatic carbocycles. The third-order valence-electron chi connectivity index (χ3n) is 4.36. The summed E-state index contributed by atoms with van der Waals surface area (Å²) >= 11 is 0. The maximum absolute atomic E-state index is 12.6. The second kappa shape index (κ2) is 7.83. The molecule has 0 saturated carbocycles. The van der Waals surface area contributed by atoms with E-state index in [4.69, 9.17) is 14.7 Å². The number of amides is 1. The Morgan fingerprint density at radius 2 is 2.19 bits per heavy atom. The first kappa shape index (κ1) is 17.7. The molecule has 1 saturated heterocycles. The number of carbonyl (C=O) groups excluding carboxylic acids is 1. The molecule has 1 fully saturated rings. The molecule has 1 unspecified atom stereocenters. The number of nitrogens with zero attached hydrogens (tertiary/aromatic N) is 4. The predicted octanol–water partition coefficient (Wildman–Crippen LogP) is 1.89. The molecule has 1 aromatic carbocycles. The Kier molecular flexibility index (Phi) is 5.32. The lowest BCUT2D eigenvalue weighted by molar-refractivity contribution is -0.129. The van der Waals surface area contributed by atoms with Crippen molar-refractivity contribution in [2.75, 3.05) is 20.2 Å². The molecule has 3 rings (SSSR count). The molecule has 1 amide bonds. The lowest BCUT2D eigenvalue weighted by Crippen LogP contribution is -2.32. The molecule has 0 bridgehead atoms. The Morgan fingerprint density at radius 1 is 1.38 bits per heavy atom. The maximum atomic E-state index is 12.6. The van der Waals surface area contributed by atoms with E-state index in [9.17, 15) is 4.79 Å². The predicted molar refractivity (Wildman–Crippen MR) is 93.8 cm³/mol. The third kappa shape index (κ3) is 3.91. The minimum atomic E-state index is -0.180. The normalized spacial score (nSPS) is 16.2. The van der Waals surface area contributed by atoms with E-state index in [0.29, 0.717) is 25.9 Å². The number of likely N-dealkylation sites (tertiary alicyclic amines) is 1. The van der Waals surface area contributed by atoms with Gasteiger partial charge in [-0.05, 0) is 24.1 Å². The van der Waals surface area contributed by atoms with Crippen molar-refractivity contribution in [2.45, 2.75) is 25.9 Å². The number of aromatic nitrogens is 2. The number of nitriles is 1. The molecule has 0 N–H and O–H groups in total. The number of rotatable bonds is 5. The molecule has 0 radical (unpaired) electrons. The van der Waals surface area contributed by atoms with Crippen molar-refractivity contribution in [3.63, 3.8) is 0 Å². The van der Waals surface area contributed by atoms with Crippen molar-refractivity contribution in [3.8, 4) is 17.7 Å². The minimum absolute atomic E-state index is 0.0559. The average Bonchev–Trinajstić information content (AvgIpc) is 3.11. The smallest absolute Gasteiger partial charge is 0.251 e. The number of hydrogen-bond acceptors (Lipinski definition) is 6. The van der Waals surface area contributed by atoms with Crippen molar-refractivity contribution >= 4 is 5.91 Å². The van der Waals surface area contributed by atoms with E-state index in [-0.39, 0.29) is 23.6 Å². The zero-order valence-corrected chi connectivity index (χ0v) is 14.8. The number of hydrogen-bond donors (Lipinski definition) is 0. The molecule has 7 nitrogen and oxygen atoms in total. The van der Waals surface area contributed by atoms with Crippen LogP contribution in [-0.2, 0) is 11.2 Å². The summed E-state index contributed by atoms with van der Waals surface area (Å²) in [5.41, 5.74) is 2.12. The molecule has 7 heteroatoms. The summed E-state index contributed by atoms with van der Waals surface area (Å²) in [6.07, 6.45) is 3.80. The standard InChI is InChI=1S/C19H20N4O3/c1-13-9-14(3-4-17(13)25-2)10-18(24)23-8-5-15(12-23)26-19-16(11-20)21-6-7-22-19/h3-4,6-7,9,15H,5,8,10,12H2,1-2H3. The lowest BCUT2D eigenvalue weighted by Gasteiger charge is -2.17. The summed E-state index contributed by atoms with van der Waals surface area (Å²) in [6.45, 7) is 3.07. The van der Waals surface area contributed by atoms with Crippen molar-refractivity contribution in [3.05, 3.63) is 47.4 Å². The van der Waals surface area contributed by atoms with Crippen LogP contribution in [0.2, 0.25) is 0 Å². The van der Waals surface area contributed by atoms with Gasteiger partial charge in [-0.15, -0.1) is 0 Å². The number of benzene rings is 1. The summed E-state index contributed by atoms with van der Waals surface area (Å²) in [7, 11) is 1.63. The number of methoxy groups -OCH3 is 1. The molecular formula is C19H20N4O3. The van der Waals surface area contributed by atoms with Gasteiger partial charge in [0.1, 0.15) is 17.9 Å². The molecular weight excluding hydrogens is 332 g/mol. The first-order valence-electron chi connectivity index (χ1n) is 8.39. The monoisotopic (exact) mass is 352 g/mol. The molecule has 134 valence electrons. The average molecular weight is 352 g/mol. The van der Waals surface area contributed by atoms with Gasteiger partial charge in [-0.25, -0.2) is 9.97 Å². The van der Waals surface area contributed by atoms with E-state index < -0.39 is 0 Å². The fourth-order valence-electron chi connectivity index (χ4n) is 3.03. The van der Waals surface area contributed by atoms with Crippen LogP contribution in [0.25, 0.3) is 0 Å². The van der Waals surface area contributed by atoms with E-state index in [2.05, 4.69) is 9.97 Å². The second-order valence-electron chi connectivity index (χ2n) is 6.17. The molecule has 26 heavy (non-hydrogen) atoms. The van der Waals surface area contributed by atoms with Gasteiger partial charge in [-0.3, -0.25) is 4.79 Å². The fourth-order valence-corrected chi connectivity index (χ4v) is 3.03. The first-order chi connectivity index (χ1) is 12.6. The van der Waals surface area contributed by atoms with Crippen molar-refractivity contribution < 1.29 is 14.3 Å². The van der Waals surface area contributed by atoms with Crippen molar-refractivity contribution in [1.82, 2.24) is 14.9 Å². The summed E-state index contributed by atoms with van der Waals surface area (Å²) < 4.78 is 11.0. The molecule has 2 aromatic rings. The second-order valence-corrected chi connectivity index (χ2v) is 6.17. The van der Waals surface area contributed by atoms with Crippen LogP contribution >= 0.6 is 0 Å². The van der Waals surface area contributed by atoms with Crippen LogP contribution in [0.5, 0.6) is 11.6 Å². The highest BCUT2D eigenvalue weighted by Crippen LogP contribution is 2.21.